The Bertz CT molecular complexity index is 717. The van der Waals surface area contributed by atoms with Gasteiger partial charge in [0.15, 0.2) is 0 Å². The van der Waals surface area contributed by atoms with Crippen molar-refractivity contribution >= 4 is 22.6 Å². The summed E-state index contributed by atoms with van der Waals surface area (Å²) in [5.74, 6) is 0.837. The van der Waals surface area contributed by atoms with Crippen LogP contribution < -0.4 is 5.73 Å². The highest BCUT2D eigenvalue weighted by atomic mass is 35.5. The lowest BCUT2D eigenvalue weighted by molar-refractivity contribution is 0.727. The fraction of sp³-hybridized carbons (Fsp3) is 0.133. The van der Waals surface area contributed by atoms with Gasteiger partial charge in [0.25, 0.3) is 0 Å². The number of para-hydroxylation sites is 1. The summed E-state index contributed by atoms with van der Waals surface area (Å²) in [5, 5.41) is 0.695. The van der Waals surface area contributed by atoms with Gasteiger partial charge in [0.2, 0.25) is 0 Å². The molecular formula is C15H14ClN3. The topological polar surface area (TPSA) is 43.8 Å². The molecular weight excluding hydrogens is 258 g/mol. The minimum absolute atomic E-state index is 0.147. The average molecular weight is 272 g/mol. The predicted molar refractivity (Wildman–Crippen MR) is 78.7 cm³/mol. The molecule has 2 N–H and O–H groups in total. The maximum atomic E-state index is 6.09. The van der Waals surface area contributed by atoms with Crippen LogP contribution in [0.3, 0.4) is 0 Å². The van der Waals surface area contributed by atoms with E-state index in [9.17, 15) is 0 Å². The van der Waals surface area contributed by atoms with E-state index >= 15 is 0 Å². The molecule has 19 heavy (non-hydrogen) atoms. The lowest BCUT2D eigenvalue weighted by Crippen LogP contribution is -2.12. The highest BCUT2D eigenvalue weighted by molar-refractivity contribution is 6.31. The third-order valence-electron chi connectivity index (χ3n) is 3.06. The van der Waals surface area contributed by atoms with Crippen molar-refractivity contribution in [2.45, 2.75) is 13.0 Å². The molecule has 3 aromatic rings. The molecule has 1 atom stereocenters. The Labute approximate surface area is 116 Å². The number of rotatable bonds is 2. The van der Waals surface area contributed by atoms with Gasteiger partial charge in [-0.3, -0.25) is 4.57 Å². The molecule has 0 aliphatic carbocycles. The largest absolute Gasteiger partial charge is 0.322 e. The van der Waals surface area contributed by atoms with E-state index < -0.39 is 0 Å². The molecule has 0 aliphatic rings. The highest BCUT2D eigenvalue weighted by Gasteiger charge is 2.15. The Kier molecular flexibility index (Phi) is 3.01. The van der Waals surface area contributed by atoms with Crippen LogP contribution in [-0.2, 0) is 0 Å². The molecule has 4 heteroatoms. The van der Waals surface area contributed by atoms with Gasteiger partial charge >= 0.3 is 0 Å². The lowest BCUT2D eigenvalue weighted by Gasteiger charge is -2.11. The van der Waals surface area contributed by atoms with E-state index in [1.165, 1.54) is 0 Å². The van der Waals surface area contributed by atoms with Crippen LogP contribution in [0.15, 0.2) is 48.5 Å². The molecule has 0 fully saturated rings. The first kappa shape index (κ1) is 12.2. The molecule has 1 heterocycles. The molecule has 0 spiro atoms. The van der Waals surface area contributed by atoms with Crippen molar-refractivity contribution in [3.05, 3.63) is 59.4 Å². The summed E-state index contributed by atoms with van der Waals surface area (Å²) >= 11 is 6.09. The number of hydrogen-bond acceptors (Lipinski definition) is 2. The number of halogens is 1. The molecule has 0 bridgehead atoms. The number of nitrogens with zero attached hydrogens (tertiary/aromatic N) is 2. The van der Waals surface area contributed by atoms with Crippen LogP contribution in [0.2, 0.25) is 5.02 Å². The van der Waals surface area contributed by atoms with E-state index in [-0.39, 0.29) is 6.04 Å². The van der Waals surface area contributed by atoms with Crippen molar-refractivity contribution in [3.8, 4) is 5.69 Å². The van der Waals surface area contributed by atoms with E-state index in [0.29, 0.717) is 5.02 Å². The molecule has 96 valence electrons. The zero-order valence-electron chi connectivity index (χ0n) is 10.5. The van der Waals surface area contributed by atoms with Crippen molar-refractivity contribution in [2.75, 3.05) is 0 Å². The van der Waals surface area contributed by atoms with Gasteiger partial charge in [0.05, 0.1) is 17.1 Å². The Morgan fingerprint density at radius 2 is 1.89 bits per heavy atom. The van der Waals surface area contributed by atoms with Crippen LogP contribution >= 0.6 is 11.6 Å². The molecule has 0 saturated heterocycles. The maximum absolute atomic E-state index is 6.09. The summed E-state index contributed by atoms with van der Waals surface area (Å²) in [6.45, 7) is 1.93. The van der Waals surface area contributed by atoms with Crippen LogP contribution in [0, 0.1) is 0 Å². The van der Waals surface area contributed by atoms with Crippen molar-refractivity contribution < 1.29 is 0 Å². The molecule has 0 saturated carbocycles. The number of nitrogens with two attached hydrogens (primary N) is 1. The Balaban J connectivity index is 2.36. The Morgan fingerprint density at radius 1 is 1.16 bits per heavy atom. The number of imidazole rings is 1. The summed E-state index contributed by atoms with van der Waals surface area (Å²) in [5.41, 5.74) is 8.96. The first-order valence-electron chi connectivity index (χ1n) is 6.16. The van der Waals surface area contributed by atoms with E-state index in [1.807, 2.05) is 55.5 Å². The Hall–Kier alpha value is -1.84. The maximum Gasteiger partial charge on any atom is 0.131 e. The van der Waals surface area contributed by atoms with Crippen LogP contribution in [0.5, 0.6) is 0 Å². The average Bonchev–Trinajstić information content (AvgIpc) is 2.78. The van der Waals surface area contributed by atoms with Crippen LogP contribution in [0.4, 0.5) is 0 Å². The SMILES string of the molecule is CC(N)c1nc2ccc(Cl)cc2n1-c1ccccc1. The zero-order chi connectivity index (χ0) is 13.4. The predicted octanol–water partition coefficient (Wildman–Crippen LogP) is 3.70. The first-order chi connectivity index (χ1) is 9.16. The lowest BCUT2D eigenvalue weighted by atomic mass is 10.2. The second kappa shape index (κ2) is 4.68. The van der Waals surface area contributed by atoms with Gasteiger partial charge in [-0.25, -0.2) is 4.98 Å². The highest BCUT2D eigenvalue weighted by Crippen LogP contribution is 2.26. The third-order valence-corrected chi connectivity index (χ3v) is 3.30. The molecule has 1 unspecified atom stereocenters. The normalized spacial score (nSPS) is 12.8. The summed E-state index contributed by atoms with van der Waals surface area (Å²) in [6.07, 6.45) is 0. The molecule has 0 aliphatic heterocycles. The smallest absolute Gasteiger partial charge is 0.131 e. The molecule has 0 amide bonds. The fourth-order valence-electron chi connectivity index (χ4n) is 2.22. The molecule has 0 radical (unpaired) electrons. The minimum Gasteiger partial charge on any atom is -0.322 e. The summed E-state index contributed by atoms with van der Waals surface area (Å²) < 4.78 is 2.06. The minimum atomic E-state index is -0.147. The van der Waals surface area contributed by atoms with Crippen LogP contribution in [-0.4, -0.2) is 9.55 Å². The number of hydrogen-bond donors (Lipinski definition) is 1. The summed E-state index contributed by atoms with van der Waals surface area (Å²) in [7, 11) is 0. The summed E-state index contributed by atoms with van der Waals surface area (Å²) in [6, 6.07) is 15.6. The second-order valence-corrected chi connectivity index (χ2v) is 5.00. The van der Waals surface area contributed by atoms with Gasteiger partial charge in [-0.2, -0.15) is 0 Å². The molecule has 3 nitrogen and oxygen atoms in total. The van der Waals surface area contributed by atoms with Gasteiger partial charge in [0.1, 0.15) is 5.82 Å². The van der Waals surface area contributed by atoms with Crippen LogP contribution in [0.25, 0.3) is 16.7 Å². The van der Waals surface area contributed by atoms with Crippen molar-refractivity contribution in [1.29, 1.82) is 0 Å². The van der Waals surface area contributed by atoms with Gasteiger partial charge in [0, 0.05) is 10.7 Å². The summed E-state index contributed by atoms with van der Waals surface area (Å²) in [4.78, 5) is 4.61. The standard InChI is InChI=1S/C15H14ClN3/c1-10(17)15-18-13-8-7-11(16)9-14(13)19(15)12-5-3-2-4-6-12/h2-10H,17H2,1H3. The zero-order valence-corrected chi connectivity index (χ0v) is 11.3. The van der Waals surface area contributed by atoms with Gasteiger partial charge in [-0.05, 0) is 37.3 Å². The fourth-order valence-corrected chi connectivity index (χ4v) is 2.39. The van der Waals surface area contributed by atoms with E-state index in [4.69, 9.17) is 17.3 Å². The van der Waals surface area contributed by atoms with Crippen molar-refractivity contribution in [2.24, 2.45) is 5.73 Å². The van der Waals surface area contributed by atoms with Gasteiger partial charge in [-0.15, -0.1) is 0 Å². The van der Waals surface area contributed by atoms with Crippen LogP contribution in [0.1, 0.15) is 18.8 Å². The monoisotopic (exact) mass is 271 g/mol. The second-order valence-electron chi connectivity index (χ2n) is 4.56. The van der Waals surface area contributed by atoms with Crippen molar-refractivity contribution in [1.82, 2.24) is 9.55 Å². The van der Waals surface area contributed by atoms with Gasteiger partial charge in [-0.1, -0.05) is 29.8 Å². The quantitative estimate of drug-likeness (QED) is 0.772. The van der Waals surface area contributed by atoms with E-state index in [2.05, 4.69) is 9.55 Å². The first-order valence-corrected chi connectivity index (χ1v) is 6.53. The van der Waals surface area contributed by atoms with Gasteiger partial charge < -0.3 is 5.73 Å². The number of benzene rings is 2. The molecule has 2 aromatic carbocycles. The van der Waals surface area contributed by atoms with E-state index in [0.717, 1.165) is 22.5 Å². The van der Waals surface area contributed by atoms with E-state index in [1.54, 1.807) is 0 Å². The molecule has 3 rings (SSSR count). The number of aromatic nitrogens is 2. The van der Waals surface area contributed by atoms with Crippen molar-refractivity contribution in [3.63, 3.8) is 0 Å². The third kappa shape index (κ3) is 2.11. The Morgan fingerprint density at radius 3 is 2.58 bits per heavy atom. The number of fused-ring (bicyclic) bond motifs is 1. The molecule has 1 aromatic heterocycles.